The quantitative estimate of drug-likeness (QED) is 0.490. The maximum Gasteiger partial charge on any atom is 0.314 e. The third-order valence-corrected chi connectivity index (χ3v) is 1.01. The SMILES string of the molecule is CC/C=C(\CC(=O)O)[N+](=O)[O-]. The zero-order valence-corrected chi connectivity index (χ0v) is 6.11. The van der Waals surface area contributed by atoms with E-state index in [0.717, 1.165) is 0 Å². The van der Waals surface area contributed by atoms with Crippen LogP contribution in [0.5, 0.6) is 0 Å². The van der Waals surface area contributed by atoms with Gasteiger partial charge in [0, 0.05) is 0 Å². The Kier molecular flexibility index (Phi) is 3.87. The molecule has 0 unspecified atom stereocenters. The predicted octanol–water partition coefficient (Wildman–Crippen LogP) is 1.03. The number of allylic oxidation sites excluding steroid dienone is 1. The fraction of sp³-hybridized carbons (Fsp3) is 0.500. The first-order valence-electron chi connectivity index (χ1n) is 3.13. The largest absolute Gasteiger partial charge is 0.481 e. The smallest absolute Gasteiger partial charge is 0.314 e. The summed E-state index contributed by atoms with van der Waals surface area (Å²) in [5.41, 5.74) is -0.250. The second kappa shape index (κ2) is 4.43. The number of nitrogens with zero attached hydrogens (tertiary/aromatic N) is 1. The molecule has 0 radical (unpaired) electrons. The molecule has 0 fully saturated rings. The molecular weight excluding hydrogens is 150 g/mol. The van der Waals surface area contributed by atoms with Crippen molar-refractivity contribution in [1.82, 2.24) is 0 Å². The van der Waals surface area contributed by atoms with Gasteiger partial charge in [0.25, 0.3) is 5.70 Å². The topological polar surface area (TPSA) is 80.4 Å². The fourth-order valence-corrected chi connectivity index (χ4v) is 0.602. The zero-order chi connectivity index (χ0) is 8.85. The van der Waals surface area contributed by atoms with Gasteiger partial charge in [-0.3, -0.25) is 14.9 Å². The Morgan fingerprint density at radius 3 is 2.55 bits per heavy atom. The van der Waals surface area contributed by atoms with Crippen LogP contribution in [-0.2, 0) is 4.79 Å². The lowest BCUT2D eigenvalue weighted by Gasteiger charge is -1.92. The Bertz CT molecular complexity index is 197. The predicted molar refractivity (Wildman–Crippen MR) is 37.6 cm³/mol. The Morgan fingerprint density at radius 1 is 1.73 bits per heavy atom. The molecule has 5 nitrogen and oxygen atoms in total. The van der Waals surface area contributed by atoms with Gasteiger partial charge < -0.3 is 5.11 Å². The number of rotatable bonds is 4. The number of carbonyl (C=O) groups is 1. The molecule has 0 rings (SSSR count). The van der Waals surface area contributed by atoms with E-state index in [1.165, 1.54) is 6.08 Å². The fourth-order valence-electron chi connectivity index (χ4n) is 0.602. The average molecular weight is 159 g/mol. The minimum Gasteiger partial charge on any atom is -0.481 e. The third kappa shape index (κ3) is 4.07. The first-order chi connectivity index (χ1) is 5.07. The maximum atomic E-state index is 10.1. The number of aliphatic carboxylic acids is 1. The van der Waals surface area contributed by atoms with Crippen LogP contribution in [0.15, 0.2) is 11.8 Å². The van der Waals surface area contributed by atoms with E-state index in [4.69, 9.17) is 5.11 Å². The van der Waals surface area contributed by atoms with Gasteiger partial charge in [-0.15, -0.1) is 0 Å². The summed E-state index contributed by atoms with van der Waals surface area (Å²) in [7, 11) is 0. The van der Waals surface area contributed by atoms with Gasteiger partial charge in [-0.25, -0.2) is 0 Å². The molecule has 0 heterocycles. The van der Waals surface area contributed by atoms with Gasteiger partial charge in [0.2, 0.25) is 0 Å². The Labute approximate surface area is 63.5 Å². The van der Waals surface area contributed by atoms with Crippen LogP contribution in [0.3, 0.4) is 0 Å². The molecular formula is C6H9NO4. The molecule has 0 aromatic heterocycles. The highest BCUT2D eigenvalue weighted by atomic mass is 16.6. The van der Waals surface area contributed by atoms with Gasteiger partial charge in [-0.05, 0) is 12.5 Å². The van der Waals surface area contributed by atoms with Crippen LogP contribution in [0.1, 0.15) is 19.8 Å². The van der Waals surface area contributed by atoms with Crippen molar-refractivity contribution in [2.45, 2.75) is 19.8 Å². The monoisotopic (exact) mass is 159 g/mol. The number of hydrogen-bond acceptors (Lipinski definition) is 3. The van der Waals surface area contributed by atoms with Gasteiger partial charge in [-0.1, -0.05) is 6.92 Å². The number of nitro groups is 1. The van der Waals surface area contributed by atoms with Gasteiger partial charge in [0.15, 0.2) is 0 Å². The van der Waals surface area contributed by atoms with Gasteiger partial charge >= 0.3 is 5.97 Å². The van der Waals surface area contributed by atoms with Crippen molar-refractivity contribution in [3.8, 4) is 0 Å². The van der Waals surface area contributed by atoms with Crippen molar-refractivity contribution in [1.29, 1.82) is 0 Å². The van der Waals surface area contributed by atoms with Crippen molar-refractivity contribution in [3.05, 3.63) is 21.9 Å². The highest BCUT2D eigenvalue weighted by Crippen LogP contribution is 2.02. The summed E-state index contributed by atoms with van der Waals surface area (Å²) in [6.07, 6.45) is 1.26. The minimum absolute atomic E-state index is 0.250. The molecule has 0 bridgehead atoms. The van der Waals surface area contributed by atoms with Crippen LogP contribution < -0.4 is 0 Å². The average Bonchev–Trinajstić information content (AvgIpc) is 1.86. The van der Waals surface area contributed by atoms with Gasteiger partial charge in [-0.2, -0.15) is 0 Å². The lowest BCUT2D eigenvalue weighted by Crippen LogP contribution is -2.05. The zero-order valence-electron chi connectivity index (χ0n) is 6.11. The van der Waals surface area contributed by atoms with E-state index < -0.39 is 17.3 Å². The summed E-state index contributed by atoms with van der Waals surface area (Å²) in [4.78, 5) is 19.5. The van der Waals surface area contributed by atoms with Crippen LogP contribution in [0.25, 0.3) is 0 Å². The molecule has 0 aliphatic rings. The van der Waals surface area contributed by atoms with Crippen molar-refractivity contribution >= 4 is 5.97 Å². The molecule has 0 atom stereocenters. The van der Waals surface area contributed by atoms with Gasteiger partial charge in [0.05, 0.1) is 4.92 Å². The van der Waals surface area contributed by atoms with E-state index in [-0.39, 0.29) is 5.70 Å². The second-order valence-electron chi connectivity index (χ2n) is 1.93. The molecule has 0 aromatic rings. The van der Waals surface area contributed by atoms with Crippen LogP contribution in [0.4, 0.5) is 0 Å². The first kappa shape index (κ1) is 9.61. The molecule has 62 valence electrons. The van der Waals surface area contributed by atoms with Crippen LogP contribution in [0.2, 0.25) is 0 Å². The molecule has 11 heavy (non-hydrogen) atoms. The van der Waals surface area contributed by atoms with Crippen molar-refractivity contribution < 1.29 is 14.8 Å². The molecule has 0 saturated carbocycles. The maximum absolute atomic E-state index is 10.1. The second-order valence-corrected chi connectivity index (χ2v) is 1.93. The van der Waals surface area contributed by atoms with E-state index in [9.17, 15) is 14.9 Å². The lowest BCUT2D eigenvalue weighted by atomic mass is 10.3. The number of carboxylic acid groups (broad SMARTS) is 1. The Balaban J connectivity index is 4.23. The lowest BCUT2D eigenvalue weighted by molar-refractivity contribution is -0.427. The summed E-state index contributed by atoms with van der Waals surface area (Å²) in [5.74, 6) is -1.18. The highest BCUT2D eigenvalue weighted by Gasteiger charge is 2.13. The highest BCUT2D eigenvalue weighted by molar-refractivity contribution is 5.69. The van der Waals surface area contributed by atoms with Crippen LogP contribution in [-0.4, -0.2) is 16.0 Å². The van der Waals surface area contributed by atoms with E-state index in [0.29, 0.717) is 6.42 Å². The summed E-state index contributed by atoms with van der Waals surface area (Å²) in [6.45, 7) is 1.71. The third-order valence-electron chi connectivity index (χ3n) is 1.01. The van der Waals surface area contributed by atoms with Gasteiger partial charge in [0.1, 0.15) is 6.42 Å². The minimum atomic E-state index is -1.18. The summed E-state index contributed by atoms with van der Waals surface area (Å²) >= 11 is 0. The van der Waals surface area contributed by atoms with E-state index >= 15 is 0 Å². The van der Waals surface area contributed by atoms with E-state index in [1.54, 1.807) is 6.92 Å². The molecule has 5 heteroatoms. The van der Waals surface area contributed by atoms with E-state index in [2.05, 4.69) is 0 Å². The van der Waals surface area contributed by atoms with Crippen molar-refractivity contribution in [2.24, 2.45) is 0 Å². The molecule has 0 aromatic carbocycles. The summed E-state index contributed by atoms with van der Waals surface area (Å²) < 4.78 is 0. The molecule has 0 saturated heterocycles. The van der Waals surface area contributed by atoms with E-state index in [1.807, 2.05) is 0 Å². The van der Waals surface area contributed by atoms with Crippen LogP contribution >= 0.6 is 0 Å². The normalized spacial score (nSPS) is 11.2. The number of carboxylic acids is 1. The standard InChI is InChI=1S/C6H9NO4/c1-2-3-5(7(10)11)4-6(8)9/h3H,2,4H2,1H3,(H,8,9)/b5-3+. The molecule has 1 N–H and O–H groups in total. The molecule has 0 spiro atoms. The van der Waals surface area contributed by atoms with Crippen molar-refractivity contribution in [3.63, 3.8) is 0 Å². The Hall–Kier alpha value is -1.39. The van der Waals surface area contributed by atoms with Crippen molar-refractivity contribution in [2.75, 3.05) is 0 Å². The number of hydrogen-bond donors (Lipinski definition) is 1. The van der Waals surface area contributed by atoms with Crippen LogP contribution in [0, 0.1) is 10.1 Å². The molecule has 0 amide bonds. The first-order valence-corrected chi connectivity index (χ1v) is 3.13. The molecule has 0 aliphatic carbocycles. The molecule has 0 aliphatic heterocycles. The summed E-state index contributed by atoms with van der Waals surface area (Å²) in [6, 6.07) is 0. The summed E-state index contributed by atoms with van der Waals surface area (Å²) in [5, 5.41) is 18.3. The Morgan fingerprint density at radius 2 is 2.27 bits per heavy atom.